The first kappa shape index (κ1) is 9.71. The summed E-state index contributed by atoms with van der Waals surface area (Å²) in [5, 5.41) is 0. The molecule has 0 amide bonds. The van der Waals surface area contributed by atoms with Gasteiger partial charge in [0.1, 0.15) is 0 Å². The fraction of sp³-hybridized carbons (Fsp3) is 0.400. The minimum Gasteiger partial charge on any atom is -0.400 e. The van der Waals surface area contributed by atoms with E-state index in [1.807, 2.05) is 0 Å². The van der Waals surface area contributed by atoms with Crippen LogP contribution < -0.4 is 5.64 Å². The predicted molar refractivity (Wildman–Crippen MR) is 55.7 cm³/mol. The lowest BCUT2D eigenvalue weighted by atomic mass is 10.1. The number of fused-ring (bicyclic) bond motifs is 1. The van der Waals surface area contributed by atoms with Crippen LogP contribution in [-0.2, 0) is 22.2 Å². The number of rotatable bonds is 3. The lowest BCUT2D eigenvalue weighted by Crippen LogP contribution is -2.37. The number of hydrogen-bond acceptors (Lipinski definition) is 3. The highest BCUT2D eigenvalue weighted by Gasteiger charge is 2.25. The molecule has 0 saturated carbocycles. The summed E-state index contributed by atoms with van der Waals surface area (Å²) in [5.41, 5.74) is 8.27. The fourth-order valence-electron chi connectivity index (χ4n) is 1.86. The van der Waals surface area contributed by atoms with Crippen molar-refractivity contribution >= 4 is 7.25 Å². The van der Waals surface area contributed by atoms with E-state index >= 15 is 0 Å². The summed E-state index contributed by atoms with van der Waals surface area (Å²) in [4.78, 5) is 0. The Labute approximate surface area is 84.4 Å². The van der Waals surface area contributed by atoms with Crippen molar-refractivity contribution in [2.75, 3.05) is 7.11 Å². The molecule has 0 heterocycles. The van der Waals surface area contributed by atoms with Crippen molar-refractivity contribution in [1.29, 1.82) is 0 Å². The summed E-state index contributed by atoms with van der Waals surface area (Å²) < 4.78 is 10.4. The van der Waals surface area contributed by atoms with Crippen LogP contribution in [0, 0.1) is 0 Å². The normalized spacial score (nSPS) is 15.6. The molecule has 0 unspecified atom stereocenters. The maximum atomic E-state index is 5.54. The third-order valence-corrected chi connectivity index (χ3v) is 2.57. The second-order valence-corrected chi connectivity index (χ2v) is 3.54. The Bertz CT molecular complexity index is 294. The van der Waals surface area contributed by atoms with Crippen LogP contribution >= 0.6 is 0 Å². The highest BCUT2D eigenvalue weighted by Crippen LogP contribution is 2.23. The van der Waals surface area contributed by atoms with Crippen molar-refractivity contribution in [3.8, 4) is 0 Å². The molecule has 0 saturated heterocycles. The molecule has 0 atom stereocenters. The zero-order valence-corrected chi connectivity index (χ0v) is 8.27. The molecule has 1 aromatic carbocycles. The Morgan fingerprint density at radius 2 is 1.86 bits per heavy atom. The average Bonchev–Trinajstić information content (AvgIpc) is 2.59. The molecule has 3 nitrogen and oxygen atoms in total. The smallest absolute Gasteiger partial charge is 0.400 e. The van der Waals surface area contributed by atoms with Gasteiger partial charge >= 0.3 is 7.25 Å². The van der Waals surface area contributed by atoms with E-state index in [4.69, 9.17) is 15.0 Å². The second kappa shape index (κ2) is 4.13. The summed E-state index contributed by atoms with van der Waals surface area (Å²) in [6.45, 7) is 0. The molecule has 1 aromatic rings. The van der Waals surface area contributed by atoms with Crippen LogP contribution in [0.2, 0.25) is 0 Å². The lowest BCUT2D eigenvalue weighted by molar-refractivity contribution is 0.159. The maximum absolute atomic E-state index is 5.54. The highest BCUT2D eigenvalue weighted by molar-refractivity contribution is 6.40. The molecule has 0 aromatic heterocycles. The number of benzene rings is 1. The van der Waals surface area contributed by atoms with E-state index in [1.165, 1.54) is 11.1 Å². The van der Waals surface area contributed by atoms with Gasteiger partial charge in [-0.3, -0.25) is 0 Å². The third-order valence-electron chi connectivity index (χ3n) is 2.57. The van der Waals surface area contributed by atoms with Gasteiger partial charge in [-0.2, -0.15) is 0 Å². The van der Waals surface area contributed by atoms with Gasteiger partial charge in [-0.1, -0.05) is 24.3 Å². The average molecular weight is 191 g/mol. The van der Waals surface area contributed by atoms with Gasteiger partial charge in [0, 0.05) is 7.11 Å². The largest absolute Gasteiger partial charge is 0.551 e. The first-order valence-corrected chi connectivity index (χ1v) is 4.80. The maximum Gasteiger partial charge on any atom is 0.551 e. The molecule has 0 aliphatic heterocycles. The summed E-state index contributed by atoms with van der Waals surface area (Å²) in [7, 11) is 0.946. The molecule has 2 N–H and O–H groups in total. The van der Waals surface area contributed by atoms with Crippen molar-refractivity contribution < 1.29 is 9.31 Å². The lowest BCUT2D eigenvalue weighted by Gasteiger charge is -2.12. The molecule has 2 rings (SSSR count). The molecule has 0 radical (unpaired) electrons. The molecule has 0 bridgehead atoms. The molecular formula is C10H14BNO2. The predicted octanol–water partition coefficient (Wildman–Crippen LogP) is 0.760. The van der Waals surface area contributed by atoms with Crippen LogP contribution in [0.5, 0.6) is 0 Å². The highest BCUT2D eigenvalue weighted by atomic mass is 16.6. The zero-order valence-electron chi connectivity index (χ0n) is 8.27. The molecular weight excluding hydrogens is 177 g/mol. The molecule has 74 valence electrons. The minimum atomic E-state index is -0.602. The van der Waals surface area contributed by atoms with Crippen molar-refractivity contribution in [1.82, 2.24) is 0 Å². The van der Waals surface area contributed by atoms with Crippen LogP contribution in [0.3, 0.4) is 0 Å². The Hall–Kier alpha value is -0.835. The van der Waals surface area contributed by atoms with Crippen molar-refractivity contribution in [3.05, 3.63) is 35.4 Å². The second-order valence-electron chi connectivity index (χ2n) is 3.54. The van der Waals surface area contributed by atoms with E-state index in [0.717, 1.165) is 12.8 Å². The quantitative estimate of drug-likeness (QED) is 0.717. The van der Waals surface area contributed by atoms with E-state index in [-0.39, 0.29) is 6.10 Å². The number of nitrogens with two attached hydrogens (primary N) is 1. The third kappa shape index (κ3) is 1.98. The Morgan fingerprint density at radius 3 is 2.36 bits per heavy atom. The van der Waals surface area contributed by atoms with E-state index in [0.29, 0.717) is 0 Å². The Balaban J connectivity index is 1.98. The fourth-order valence-corrected chi connectivity index (χ4v) is 1.86. The topological polar surface area (TPSA) is 44.5 Å². The molecule has 0 spiro atoms. The van der Waals surface area contributed by atoms with Crippen molar-refractivity contribution in [2.45, 2.75) is 18.9 Å². The molecule has 0 fully saturated rings. The van der Waals surface area contributed by atoms with Gasteiger partial charge in [-0.25, -0.2) is 0 Å². The summed E-state index contributed by atoms with van der Waals surface area (Å²) in [6.07, 6.45) is 2.04. The molecule has 1 aliphatic rings. The molecule has 1 aliphatic carbocycles. The van der Waals surface area contributed by atoms with Gasteiger partial charge in [-0.15, -0.1) is 0 Å². The van der Waals surface area contributed by atoms with Gasteiger partial charge < -0.3 is 15.0 Å². The zero-order chi connectivity index (χ0) is 9.97. The van der Waals surface area contributed by atoms with Crippen molar-refractivity contribution in [2.24, 2.45) is 5.64 Å². The van der Waals surface area contributed by atoms with Crippen LogP contribution in [0.4, 0.5) is 0 Å². The van der Waals surface area contributed by atoms with E-state index in [2.05, 4.69) is 24.3 Å². The summed E-state index contributed by atoms with van der Waals surface area (Å²) in [5.74, 6) is 0. The monoisotopic (exact) mass is 191 g/mol. The van der Waals surface area contributed by atoms with Gasteiger partial charge in [0.05, 0.1) is 6.10 Å². The standard InChI is InChI=1S/C10H14BNO2/c1-13-11(12)14-10-6-8-4-2-3-5-9(8)7-10/h2-5,10H,6-7,12H2,1H3. The van der Waals surface area contributed by atoms with E-state index in [9.17, 15) is 0 Å². The first-order chi connectivity index (χ1) is 6.79. The van der Waals surface area contributed by atoms with Gasteiger partial charge in [0.25, 0.3) is 0 Å². The SMILES string of the molecule is COB(N)OC1Cc2ccccc2C1. The first-order valence-electron chi connectivity index (χ1n) is 4.80. The van der Waals surface area contributed by atoms with Crippen LogP contribution in [0.1, 0.15) is 11.1 Å². The summed E-state index contributed by atoms with van der Waals surface area (Å²) >= 11 is 0. The van der Waals surface area contributed by atoms with Crippen molar-refractivity contribution in [3.63, 3.8) is 0 Å². The molecule has 14 heavy (non-hydrogen) atoms. The Kier molecular flexibility index (Phi) is 2.86. The number of hydrogen-bond donors (Lipinski definition) is 1. The van der Waals surface area contributed by atoms with E-state index < -0.39 is 7.25 Å². The van der Waals surface area contributed by atoms with Gasteiger partial charge in [0.15, 0.2) is 0 Å². The van der Waals surface area contributed by atoms with Crippen LogP contribution in [0.25, 0.3) is 0 Å². The molecule has 4 heteroatoms. The minimum absolute atomic E-state index is 0.169. The Morgan fingerprint density at radius 1 is 1.29 bits per heavy atom. The van der Waals surface area contributed by atoms with Gasteiger partial charge in [0.2, 0.25) is 0 Å². The van der Waals surface area contributed by atoms with E-state index in [1.54, 1.807) is 7.11 Å². The van der Waals surface area contributed by atoms with Crippen LogP contribution in [-0.4, -0.2) is 20.5 Å². The van der Waals surface area contributed by atoms with Crippen LogP contribution in [0.15, 0.2) is 24.3 Å². The van der Waals surface area contributed by atoms with Gasteiger partial charge in [-0.05, 0) is 24.0 Å². The summed E-state index contributed by atoms with van der Waals surface area (Å²) in [6, 6.07) is 8.38.